The molecule has 364 valence electrons. The van der Waals surface area contributed by atoms with Crippen molar-refractivity contribution in [2.45, 2.75) is 49.1 Å². The Hall–Kier alpha value is -3.07. The number of nitrogens with two attached hydrogens (primary N) is 2. The lowest BCUT2D eigenvalue weighted by Crippen LogP contribution is -2.33. The normalized spacial score (nSPS) is 23.4. The first-order chi connectivity index (χ1) is 28.3. The first kappa shape index (κ1) is 59.9. The molecule has 4 aromatic heterocycles. The van der Waals surface area contributed by atoms with Gasteiger partial charge in [0.15, 0.2) is 35.4 Å². The van der Waals surface area contributed by atoms with Crippen molar-refractivity contribution in [2.24, 2.45) is 0 Å². The summed E-state index contributed by atoms with van der Waals surface area (Å²) in [5.41, 5.74) is 12.9. The fourth-order valence-electron chi connectivity index (χ4n) is 4.33. The number of aliphatic hydroxyl groups excluding tert-OH is 6. The van der Waals surface area contributed by atoms with Crippen molar-refractivity contribution >= 4 is 73.1 Å². The Labute approximate surface area is 347 Å². The van der Waals surface area contributed by atoms with Crippen LogP contribution in [0.15, 0.2) is 25.3 Å². The topological polar surface area (TPSA) is 668 Å². The second-order valence-electron chi connectivity index (χ2n) is 11.2. The molecule has 0 amide bonds. The molecule has 2 aliphatic heterocycles. The average Bonchev–Trinajstić information content (AvgIpc) is 3.83. The second kappa shape index (κ2) is 25.0. The van der Waals surface area contributed by atoms with Crippen molar-refractivity contribution in [1.82, 2.24) is 39.0 Å². The van der Waals surface area contributed by atoms with E-state index in [1.54, 1.807) is 0 Å². The summed E-state index contributed by atoms with van der Waals surface area (Å²) in [5, 5.41) is 57.5. The number of aromatic nitrogens is 8. The third-order valence-electron chi connectivity index (χ3n) is 6.36. The Kier molecular flexibility index (Phi) is 23.8. The van der Waals surface area contributed by atoms with Gasteiger partial charge in [0.1, 0.15) is 60.3 Å². The van der Waals surface area contributed by atoms with E-state index >= 15 is 0 Å². The number of phosphoric acid groups is 5. The van der Waals surface area contributed by atoms with E-state index in [2.05, 4.69) is 29.9 Å². The van der Waals surface area contributed by atoms with Gasteiger partial charge in [-0.05, 0) is 0 Å². The number of hydrogen-bond acceptors (Lipinski definition) is 21. The first-order valence-electron chi connectivity index (χ1n) is 15.3. The number of ether oxygens (including phenoxy) is 2. The highest BCUT2D eigenvalue weighted by molar-refractivity contribution is 7.46. The quantitative estimate of drug-likeness (QED) is 0.0844. The zero-order chi connectivity index (χ0) is 49.6. The SMILES string of the molecule is Nc1ncnc2c1ncn2[C@@H]1O[C@H](CO)[C@@H](O)[C@H]1O.Nc1ncnc2c1ncn2[C@@H]1O[C@H](CO)[C@@H](O)[C@H]1O.O=P(O)(O)O.O=P(O)(O)O.O=P(O)(O)O.O=P(O)(O)O.O=P(O)(O)O. The van der Waals surface area contributed by atoms with Crippen molar-refractivity contribution in [3.63, 3.8) is 0 Å². The van der Waals surface area contributed by atoms with Crippen LogP contribution in [0.5, 0.6) is 0 Å². The Morgan fingerprint density at radius 1 is 0.460 bits per heavy atom. The molecular formula is C20H41N10O28P5. The van der Waals surface area contributed by atoms with Crippen LogP contribution in [0.1, 0.15) is 12.5 Å². The van der Waals surface area contributed by atoms with Crippen LogP contribution in [0, 0.1) is 0 Å². The van der Waals surface area contributed by atoms with Gasteiger partial charge in [0.2, 0.25) is 0 Å². The van der Waals surface area contributed by atoms with Gasteiger partial charge in [0, 0.05) is 0 Å². The van der Waals surface area contributed by atoms with Crippen LogP contribution >= 0.6 is 39.1 Å². The molecule has 4 aromatic rings. The minimum Gasteiger partial charge on any atom is -0.394 e. The van der Waals surface area contributed by atoms with Gasteiger partial charge in [-0.1, -0.05) is 0 Å². The molecule has 2 fully saturated rings. The van der Waals surface area contributed by atoms with Crippen LogP contribution in [0.4, 0.5) is 11.6 Å². The number of nitrogens with zero attached hydrogens (tertiary/aromatic N) is 8. The zero-order valence-corrected chi connectivity index (χ0v) is 35.0. The number of aliphatic hydroxyl groups is 6. The van der Waals surface area contributed by atoms with Gasteiger partial charge >= 0.3 is 39.1 Å². The Bertz CT molecular complexity index is 2000. The number of imidazole rings is 2. The summed E-state index contributed by atoms with van der Waals surface area (Å²) < 4.78 is 58.1. The second-order valence-corrected chi connectivity index (χ2v) is 16.3. The molecule has 0 bridgehead atoms. The molecule has 25 N–H and O–H groups in total. The third-order valence-corrected chi connectivity index (χ3v) is 6.36. The molecule has 0 aliphatic carbocycles. The maximum Gasteiger partial charge on any atom is 0.466 e. The van der Waals surface area contributed by atoms with Crippen molar-refractivity contribution in [1.29, 1.82) is 0 Å². The molecule has 43 heteroatoms. The van der Waals surface area contributed by atoms with Crippen molar-refractivity contribution < 1.29 is 136 Å². The highest BCUT2D eigenvalue weighted by Gasteiger charge is 2.45. The summed E-state index contributed by atoms with van der Waals surface area (Å²) in [7, 11) is -23.2. The van der Waals surface area contributed by atoms with Crippen LogP contribution in [0.3, 0.4) is 0 Å². The summed E-state index contributed by atoms with van der Waals surface area (Å²) in [6.07, 6.45) is -2.85. The van der Waals surface area contributed by atoms with Crippen LogP contribution in [0.2, 0.25) is 0 Å². The largest absolute Gasteiger partial charge is 0.466 e. The highest BCUT2D eigenvalue weighted by atomic mass is 31.2. The summed E-state index contributed by atoms with van der Waals surface area (Å²) >= 11 is 0. The highest BCUT2D eigenvalue weighted by Crippen LogP contribution is 2.33. The Morgan fingerprint density at radius 3 is 0.905 bits per heavy atom. The lowest BCUT2D eigenvalue weighted by Gasteiger charge is -2.16. The fraction of sp³-hybridized carbons (Fsp3) is 0.500. The summed E-state index contributed by atoms with van der Waals surface area (Å²) in [6.45, 7) is -0.781. The van der Waals surface area contributed by atoms with E-state index < -0.39 is 101 Å². The summed E-state index contributed by atoms with van der Waals surface area (Å²) in [6, 6.07) is 0. The molecule has 63 heavy (non-hydrogen) atoms. The number of fused-ring (bicyclic) bond motifs is 2. The average molecular weight is 1020 g/mol. The molecule has 2 aliphatic rings. The molecule has 8 atom stereocenters. The summed E-state index contributed by atoms with van der Waals surface area (Å²) in [5.74, 6) is 0.436. The predicted molar refractivity (Wildman–Crippen MR) is 197 cm³/mol. The standard InChI is InChI=1S/2C10H13N5O4.5H3O4P/c2*11-8-5-9(13-2-12-8)15(3-14-5)10-7(18)6(17)4(1-16)19-10;5*1-5(2,3)4/h2*2-4,6-7,10,16-18H,1H2,(H2,11,12,13);5*(H3,1,2,3,4)/t2*4-,6-,7-,10-;;;;;/m11...../s1. The lowest BCUT2D eigenvalue weighted by atomic mass is 10.1. The maximum atomic E-state index is 9.95. The van der Waals surface area contributed by atoms with Gasteiger partial charge in [-0.15, -0.1) is 0 Å². The Balaban J connectivity index is 0.000000806. The third kappa shape index (κ3) is 25.3. The van der Waals surface area contributed by atoms with Crippen LogP contribution in [-0.4, -0.2) is 193 Å². The molecule has 2 saturated heterocycles. The molecule has 6 rings (SSSR count). The molecule has 0 aromatic carbocycles. The first-order valence-corrected chi connectivity index (χ1v) is 23.1. The van der Waals surface area contributed by atoms with Crippen molar-refractivity contribution in [2.75, 3.05) is 24.7 Å². The number of anilines is 2. The van der Waals surface area contributed by atoms with Crippen LogP contribution in [-0.2, 0) is 32.3 Å². The lowest BCUT2D eigenvalue weighted by molar-refractivity contribution is -0.0511. The van der Waals surface area contributed by atoms with E-state index in [0.717, 1.165) is 0 Å². The minimum absolute atomic E-state index is 0.218. The van der Waals surface area contributed by atoms with Gasteiger partial charge in [-0.2, -0.15) is 0 Å². The smallest absolute Gasteiger partial charge is 0.394 e. The predicted octanol–water partition coefficient (Wildman–Crippen LogP) is -8.60. The Morgan fingerprint density at radius 2 is 0.698 bits per heavy atom. The molecule has 38 nitrogen and oxygen atoms in total. The van der Waals surface area contributed by atoms with Gasteiger partial charge in [-0.25, -0.2) is 52.7 Å². The van der Waals surface area contributed by atoms with E-state index in [0.29, 0.717) is 22.3 Å². The molecule has 0 radical (unpaired) electrons. The van der Waals surface area contributed by atoms with Crippen LogP contribution in [0.25, 0.3) is 22.3 Å². The molecule has 0 saturated carbocycles. The molecule has 0 unspecified atom stereocenters. The summed E-state index contributed by atoms with van der Waals surface area (Å²) in [4.78, 5) is 132. The van der Waals surface area contributed by atoms with Crippen LogP contribution < -0.4 is 11.5 Å². The number of hydrogen-bond donors (Lipinski definition) is 23. The van der Waals surface area contributed by atoms with E-state index in [9.17, 15) is 20.4 Å². The van der Waals surface area contributed by atoms with Gasteiger partial charge in [0.25, 0.3) is 0 Å². The van der Waals surface area contributed by atoms with Gasteiger partial charge in [0.05, 0.1) is 25.9 Å². The fourth-order valence-corrected chi connectivity index (χ4v) is 4.33. The minimum atomic E-state index is -4.64. The number of nitrogen functional groups attached to an aromatic ring is 2. The van der Waals surface area contributed by atoms with Crippen molar-refractivity contribution in [3.05, 3.63) is 25.3 Å². The van der Waals surface area contributed by atoms with Crippen molar-refractivity contribution in [3.8, 4) is 0 Å². The van der Waals surface area contributed by atoms with Gasteiger partial charge < -0.3 is 125 Å². The van der Waals surface area contributed by atoms with E-state index in [-0.39, 0.29) is 11.6 Å². The molecule has 0 spiro atoms. The van der Waals surface area contributed by atoms with E-state index in [4.69, 9.17) is 127 Å². The van der Waals surface area contributed by atoms with E-state index in [1.165, 1.54) is 34.4 Å². The molecular weight excluding hydrogens is 983 g/mol. The van der Waals surface area contributed by atoms with E-state index in [1.807, 2.05) is 0 Å². The van der Waals surface area contributed by atoms with Gasteiger partial charge in [-0.3, -0.25) is 9.13 Å². The maximum absolute atomic E-state index is 9.95. The zero-order valence-electron chi connectivity index (χ0n) is 30.6. The number of rotatable bonds is 4. The monoisotopic (exact) mass is 1020 g/mol. The molecule has 6 heterocycles.